The molecule has 0 unspecified atom stereocenters. The maximum absolute atomic E-state index is 12.3. The van der Waals surface area contributed by atoms with Gasteiger partial charge in [0.2, 0.25) is 0 Å². The average Bonchev–Trinajstić information content (AvgIpc) is 3.14. The van der Waals surface area contributed by atoms with Crippen molar-refractivity contribution in [2.24, 2.45) is 5.73 Å². The van der Waals surface area contributed by atoms with Gasteiger partial charge in [0.1, 0.15) is 0 Å². The van der Waals surface area contributed by atoms with Crippen molar-refractivity contribution >= 4 is 29.7 Å². The number of nitrogens with one attached hydrogen (secondary N) is 2. The highest BCUT2D eigenvalue weighted by atomic mass is 35.5. The summed E-state index contributed by atoms with van der Waals surface area (Å²) in [5.74, 6) is -0.182. The first-order valence-corrected chi connectivity index (χ1v) is 7.64. The second-order valence-corrected chi connectivity index (χ2v) is 5.74. The lowest BCUT2D eigenvalue weighted by molar-refractivity contribution is 0.0890. The number of amides is 1. The number of carbonyl (C=O) groups excluding carboxylic acids is 1. The molecular formula is C14H21ClN4OS. The number of rotatable bonds is 6. The number of halogens is 1. The third-order valence-corrected chi connectivity index (χ3v) is 4.62. The van der Waals surface area contributed by atoms with Gasteiger partial charge in [0.15, 0.2) is 5.69 Å². The molecule has 0 aliphatic carbocycles. The van der Waals surface area contributed by atoms with Crippen LogP contribution in [-0.4, -0.2) is 28.2 Å². The van der Waals surface area contributed by atoms with Crippen LogP contribution < -0.4 is 11.1 Å². The van der Waals surface area contributed by atoms with Gasteiger partial charge >= 0.3 is 0 Å². The van der Waals surface area contributed by atoms with Crippen LogP contribution in [-0.2, 0) is 0 Å². The van der Waals surface area contributed by atoms with Gasteiger partial charge in [0, 0.05) is 6.54 Å². The third-order valence-electron chi connectivity index (χ3n) is 3.72. The molecule has 0 saturated carbocycles. The van der Waals surface area contributed by atoms with Gasteiger partial charge in [-0.15, -0.1) is 23.7 Å². The van der Waals surface area contributed by atoms with Crippen LogP contribution >= 0.6 is 23.7 Å². The first-order valence-electron chi connectivity index (χ1n) is 6.76. The second kappa shape index (κ2) is 7.59. The molecule has 0 aliphatic rings. The van der Waals surface area contributed by atoms with Crippen molar-refractivity contribution in [3.8, 4) is 10.6 Å². The quantitative estimate of drug-likeness (QED) is 0.762. The molecule has 2 heterocycles. The molecule has 0 saturated heterocycles. The van der Waals surface area contributed by atoms with Gasteiger partial charge in [-0.05, 0) is 30.4 Å². The third kappa shape index (κ3) is 3.84. The molecule has 2 rings (SSSR count). The fraction of sp³-hybridized carbons (Fsp3) is 0.429. The lowest BCUT2D eigenvalue weighted by Crippen LogP contribution is -2.52. The lowest BCUT2D eigenvalue weighted by Gasteiger charge is -2.31. The SMILES string of the molecule is CCC(CC)(CN)NC(=O)c1cc(-c2cccs2)[nH]n1.Cl. The molecule has 4 N–H and O–H groups in total. The molecule has 116 valence electrons. The van der Waals surface area contributed by atoms with Gasteiger partial charge in [-0.3, -0.25) is 9.89 Å². The number of thiophene rings is 1. The molecule has 1 amide bonds. The summed E-state index contributed by atoms with van der Waals surface area (Å²) >= 11 is 1.60. The summed E-state index contributed by atoms with van der Waals surface area (Å²) in [5, 5.41) is 12.0. The van der Waals surface area contributed by atoms with Gasteiger partial charge in [-0.1, -0.05) is 19.9 Å². The zero-order valence-corrected chi connectivity index (χ0v) is 13.8. The highest BCUT2D eigenvalue weighted by Crippen LogP contribution is 2.23. The minimum Gasteiger partial charge on any atom is -0.344 e. The molecule has 7 heteroatoms. The number of nitrogens with two attached hydrogens (primary N) is 1. The van der Waals surface area contributed by atoms with Crippen LogP contribution in [0.1, 0.15) is 37.2 Å². The van der Waals surface area contributed by atoms with E-state index < -0.39 is 0 Å². The predicted octanol–water partition coefficient (Wildman–Crippen LogP) is 2.81. The van der Waals surface area contributed by atoms with Crippen LogP contribution in [0.15, 0.2) is 23.6 Å². The van der Waals surface area contributed by atoms with Crippen molar-refractivity contribution in [3.05, 3.63) is 29.3 Å². The lowest BCUT2D eigenvalue weighted by atomic mass is 9.93. The van der Waals surface area contributed by atoms with Crippen LogP contribution in [0.5, 0.6) is 0 Å². The minimum atomic E-state index is -0.348. The van der Waals surface area contributed by atoms with Gasteiger partial charge in [0.05, 0.1) is 16.1 Å². The van der Waals surface area contributed by atoms with Crippen molar-refractivity contribution in [2.75, 3.05) is 6.54 Å². The summed E-state index contributed by atoms with van der Waals surface area (Å²) < 4.78 is 0. The van der Waals surface area contributed by atoms with Crippen molar-refractivity contribution < 1.29 is 4.79 Å². The molecule has 0 bridgehead atoms. The van der Waals surface area contributed by atoms with Crippen LogP contribution in [0.3, 0.4) is 0 Å². The molecule has 0 radical (unpaired) electrons. The Hall–Kier alpha value is -1.37. The Morgan fingerprint density at radius 2 is 2.19 bits per heavy atom. The largest absolute Gasteiger partial charge is 0.344 e. The van der Waals surface area contributed by atoms with E-state index in [1.54, 1.807) is 17.4 Å². The van der Waals surface area contributed by atoms with Crippen molar-refractivity contribution in [1.29, 1.82) is 0 Å². The molecule has 0 aliphatic heterocycles. The first-order chi connectivity index (χ1) is 9.64. The van der Waals surface area contributed by atoms with Crippen molar-refractivity contribution in [3.63, 3.8) is 0 Å². The number of carbonyl (C=O) groups is 1. The Morgan fingerprint density at radius 3 is 2.71 bits per heavy atom. The van der Waals surface area contributed by atoms with Crippen LogP contribution in [0.4, 0.5) is 0 Å². The Bertz CT molecular complexity index is 555. The summed E-state index contributed by atoms with van der Waals surface area (Å²) in [5.41, 5.74) is 6.70. The highest BCUT2D eigenvalue weighted by Gasteiger charge is 2.27. The number of aromatic nitrogens is 2. The molecule has 0 spiro atoms. The number of aromatic amines is 1. The summed E-state index contributed by atoms with van der Waals surface area (Å²) in [6, 6.07) is 5.73. The van der Waals surface area contributed by atoms with E-state index in [0.29, 0.717) is 12.2 Å². The summed E-state index contributed by atoms with van der Waals surface area (Å²) in [4.78, 5) is 13.3. The molecule has 0 fully saturated rings. The standard InChI is InChI=1S/C14H20N4OS.ClH/c1-3-14(4-2,9-15)16-13(19)11-8-10(17-18-11)12-6-5-7-20-12;/h5-8H,3-4,9,15H2,1-2H3,(H,16,19)(H,17,18);1H. The smallest absolute Gasteiger partial charge is 0.272 e. The Morgan fingerprint density at radius 1 is 1.48 bits per heavy atom. The zero-order valence-electron chi connectivity index (χ0n) is 12.2. The average molecular weight is 329 g/mol. The molecule has 2 aromatic rings. The monoisotopic (exact) mass is 328 g/mol. The topological polar surface area (TPSA) is 83.8 Å². The Labute approximate surface area is 134 Å². The fourth-order valence-electron chi connectivity index (χ4n) is 2.07. The van der Waals surface area contributed by atoms with E-state index in [0.717, 1.165) is 23.4 Å². The predicted molar refractivity (Wildman–Crippen MR) is 89.0 cm³/mol. The van der Waals surface area contributed by atoms with E-state index >= 15 is 0 Å². The maximum atomic E-state index is 12.3. The zero-order chi connectivity index (χ0) is 14.6. The number of H-pyrrole nitrogens is 1. The summed E-state index contributed by atoms with van der Waals surface area (Å²) in [6.45, 7) is 4.48. The Kier molecular flexibility index (Phi) is 6.39. The number of hydrogen-bond donors (Lipinski definition) is 3. The van der Waals surface area contributed by atoms with E-state index in [9.17, 15) is 4.79 Å². The molecule has 21 heavy (non-hydrogen) atoms. The van der Waals surface area contributed by atoms with Crippen LogP contribution in [0.2, 0.25) is 0 Å². The van der Waals surface area contributed by atoms with Gasteiger partial charge < -0.3 is 11.1 Å². The van der Waals surface area contributed by atoms with E-state index in [1.807, 2.05) is 31.4 Å². The van der Waals surface area contributed by atoms with Crippen LogP contribution in [0.25, 0.3) is 10.6 Å². The van der Waals surface area contributed by atoms with Gasteiger partial charge in [0.25, 0.3) is 5.91 Å². The van der Waals surface area contributed by atoms with Crippen molar-refractivity contribution in [2.45, 2.75) is 32.2 Å². The van der Waals surface area contributed by atoms with E-state index in [1.165, 1.54) is 0 Å². The molecular weight excluding hydrogens is 308 g/mol. The highest BCUT2D eigenvalue weighted by molar-refractivity contribution is 7.13. The van der Waals surface area contributed by atoms with Gasteiger partial charge in [-0.25, -0.2) is 0 Å². The normalized spacial score (nSPS) is 11.0. The fourth-order valence-corrected chi connectivity index (χ4v) is 2.76. The van der Waals surface area contributed by atoms with E-state index in [4.69, 9.17) is 5.73 Å². The first kappa shape index (κ1) is 17.7. The molecule has 0 aromatic carbocycles. The second-order valence-electron chi connectivity index (χ2n) is 4.79. The van der Waals surface area contributed by atoms with Crippen LogP contribution in [0, 0.1) is 0 Å². The molecule has 5 nitrogen and oxygen atoms in total. The minimum absolute atomic E-state index is 0. The number of nitrogens with zero attached hydrogens (tertiary/aromatic N) is 1. The van der Waals surface area contributed by atoms with Crippen molar-refractivity contribution in [1.82, 2.24) is 15.5 Å². The summed E-state index contributed by atoms with van der Waals surface area (Å²) in [6.07, 6.45) is 1.60. The maximum Gasteiger partial charge on any atom is 0.272 e. The number of hydrogen-bond acceptors (Lipinski definition) is 4. The Balaban J connectivity index is 0.00000220. The van der Waals surface area contributed by atoms with E-state index in [2.05, 4.69) is 15.5 Å². The summed E-state index contributed by atoms with van der Waals surface area (Å²) in [7, 11) is 0. The van der Waals surface area contributed by atoms with E-state index in [-0.39, 0.29) is 23.9 Å². The van der Waals surface area contributed by atoms with Gasteiger partial charge in [-0.2, -0.15) is 5.10 Å². The molecule has 2 aromatic heterocycles. The molecule has 0 atom stereocenters.